The smallest absolute Gasteiger partial charge is 0.328 e. The molecule has 26 heavy (non-hydrogen) atoms. The van der Waals surface area contributed by atoms with Crippen LogP contribution >= 0.6 is 0 Å². The largest absolute Gasteiger partial charge is 0.478 e. The Bertz CT molecular complexity index is 752. The molecule has 0 fully saturated rings. The molecular weight excluding hydrogens is 340 g/mol. The van der Waals surface area contributed by atoms with E-state index in [2.05, 4.69) is 21.4 Å². The van der Waals surface area contributed by atoms with Crippen LogP contribution in [0.1, 0.15) is 34.5 Å². The SMILES string of the molecule is CN=C(N)NC(=O)c1cnc2c(c1)CCCC=C2.O=C(O)C=CC(=O)O. The van der Waals surface area contributed by atoms with Gasteiger partial charge in [0.2, 0.25) is 0 Å². The van der Waals surface area contributed by atoms with Gasteiger partial charge in [-0.1, -0.05) is 6.08 Å². The van der Waals surface area contributed by atoms with Crippen LogP contribution in [0.5, 0.6) is 0 Å². The van der Waals surface area contributed by atoms with Gasteiger partial charge in [0, 0.05) is 25.4 Å². The molecule has 138 valence electrons. The summed E-state index contributed by atoms with van der Waals surface area (Å²) >= 11 is 0. The van der Waals surface area contributed by atoms with Crippen molar-refractivity contribution in [2.24, 2.45) is 10.7 Å². The van der Waals surface area contributed by atoms with Gasteiger partial charge in [-0.25, -0.2) is 9.59 Å². The molecule has 0 atom stereocenters. The minimum atomic E-state index is -1.26. The molecule has 5 N–H and O–H groups in total. The van der Waals surface area contributed by atoms with Gasteiger partial charge < -0.3 is 15.9 Å². The van der Waals surface area contributed by atoms with Crippen molar-refractivity contribution in [3.8, 4) is 0 Å². The van der Waals surface area contributed by atoms with Crippen LogP contribution in [0.3, 0.4) is 0 Å². The first-order valence-electron chi connectivity index (χ1n) is 7.66. The van der Waals surface area contributed by atoms with E-state index in [9.17, 15) is 14.4 Å². The predicted molar refractivity (Wildman–Crippen MR) is 95.6 cm³/mol. The molecule has 0 aromatic carbocycles. The fraction of sp³-hybridized carbons (Fsp3) is 0.235. The van der Waals surface area contributed by atoms with E-state index in [0.29, 0.717) is 17.7 Å². The highest BCUT2D eigenvalue weighted by atomic mass is 16.4. The summed E-state index contributed by atoms with van der Waals surface area (Å²) in [5.41, 5.74) is 8.02. The molecule has 0 saturated heterocycles. The van der Waals surface area contributed by atoms with Crippen LogP contribution in [-0.4, -0.2) is 46.1 Å². The van der Waals surface area contributed by atoms with Crippen LogP contribution < -0.4 is 11.1 Å². The third-order valence-corrected chi connectivity index (χ3v) is 3.21. The summed E-state index contributed by atoms with van der Waals surface area (Å²) in [7, 11) is 1.52. The Morgan fingerprint density at radius 1 is 1.27 bits per heavy atom. The highest BCUT2D eigenvalue weighted by Gasteiger charge is 2.11. The van der Waals surface area contributed by atoms with Crippen LogP contribution in [-0.2, 0) is 16.0 Å². The number of hydrogen-bond donors (Lipinski definition) is 4. The summed E-state index contributed by atoms with van der Waals surface area (Å²) in [5, 5.41) is 18.1. The molecule has 9 heteroatoms. The van der Waals surface area contributed by atoms with E-state index in [4.69, 9.17) is 15.9 Å². The number of carboxylic acids is 2. The van der Waals surface area contributed by atoms with Crippen molar-refractivity contribution < 1.29 is 24.6 Å². The van der Waals surface area contributed by atoms with Crippen molar-refractivity contribution in [3.05, 3.63) is 47.3 Å². The number of aromatic nitrogens is 1. The molecule has 1 aliphatic rings. The number of carbonyl (C=O) groups excluding carboxylic acids is 1. The molecule has 9 nitrogen and oxygen atoms in total. The molecule has 0 aliphatic heterocycles. The van der Waals surface area contributed by atoms with Gasteiger partial charge in [0.15, 0.2) is 5.96 Å². The number of rotatable bonds is 3. The van der Waals surface area contributed by atoms with Gasteiger partial charge in [0.1, 0.15) is 0 Å². The molecule has 1 aliphatic carbocycles. The number of aliphatic imine (C=N–C) groups is 1. The highest BCUT2D eigenvalue weighted by Crippen LogP contribution is 2.17. The quantitative estimate of drug-likeness (QED) is 0.353. The molecule has 0 unspecified atom stereocenters. The maximum absolute atomic E-state index is 11.9. The number of nitrogens with two attached hydrogens (primary N) is 1. The van der Waals surface area contributed by atoms with Crippen molar-refractivity contribution in [2.75, 3.05) is 7.05 Å². The van der Waals surface area contributed by atoms with Gasteiger partial charge >= 0.3 is 11.9 Å². The van der Waals surface area contributed by atoms with Gasteiger partial charge in [-0.05, 0) is 37.0 Å². The molecular formula is C17H20N4O5. The molecule has 0 radical (unpaired) electrons. The Morgan fingerprint density at radius 3 is 2.50 bits per heavy atom. The lowest BCUT2D eigenvalue weighted by Crippen LogP contribution is -2.36. The number of guanidine groups is 1. The third-order valence-electron chi connectivity index (χ3n) is 3.21. The van der Waals surface area contributed by atoms with E-state index in [1.54, 1.807) is 6.20 Å². The minimum Gasteiger partial charge on any atom is -0.478 e. The van der Waals surface area contributed by atoms with Crippen LogP contribution in [0.4, 0.5) is 0 Å². The molecule has 1 aromatic rings. The van der Waals surface area contributed by atoms with Crippen molar-refractivity contribution in [1.29, 1.82) is 0 Å². The predicted octanol–water partition coefficient (Wildman–Crippen LogP) is 0.817. The van der Waals surface area contributed by atoms with Crippen LogP contribution in [0.25, 0.3) is 6.08 Å². The number of nitrogens with one attached hydrogen (secondary N) is 1. The Morgan fingerprint density at radius 2 is 1.92 bits per heavy atom. The van der Waals surface area contributed by atoms with Crippen molar-refractivity contribution in [3.63, 3.8) is 0 Å². The number of pyridine rings is 1. The maximum atomic E-state index is 11.9. The Balaban J connectivity index is 0.000000359. The van der Waals surface area contributed by atoms with Gasteiger partial charge in [0.05, 0.1) is 11.3 Å². The van der Waals surface area contributed by atoms with Gasteiger partial charge in [-0.3, -0.25) is 20.1 Å². The fourth-order valence-corrected chi connectivity index (χ4v) is 1.99. The first kappa shape index (κ1) is 20.6. The fourth-order valence-electron chi connectivity index (χ4n) is 1.99. The monoisotopic (exact) mass is 360 g/mol. The number of carbonyl (C=O) groups is 3. The van der Waals surface area contributed by atoms with E-state index >= 15 is 0 Å². The van der Waals surface area contributed by atoms with Gasteiger partial charge in [-0.2, -0.15) is 0 Å². The first-order valence-corrected chi connectivity index (χ1v) is 7.66. The first-order chi connectivity index (χ1) is 12.3. The number of aliphatic carboxylic acids is 2. The van der Waals surface area contributed by atoms with Gasteiger partial charge in [-0.15, -0.1) is 0 Å². The normalized spacial score (nSPS) is 13.2. The standard InChI is InChI=1S/C13H16N4O.C4H4O4/c1-15-13(14)17-12(18)10-7-9-5-3-2-4-6-11(9)16-8-10;5-3(6)1-2-4(7)8/h4,6-8H,2-3,5H2,1H3,(H3,14,15,17,18);1-2H,(H,5,6)(H,7,8). The Hall–Kier alpha value is -3.49. The van der Waals surface area contributed by atoms with Crippen LogP contribution in [0.2, 0.25) is 0 Å². The van der Waals surface area contributed by atoms with E-state index < -0.39 is 11.9 Å². The maximum Gasteiger partial charge on any atom is 0.328 e. The zero-order valence-electron chi connectivity index (χ0n) is 14.2. The van der Waals surface area contributed by atoms with Crippen molar-refractivity contribution >= 4 is 29.9 Å². The highest BCUT2D eigenvalue weighted by molar-refractivity contribution is 6.05. The topological polar surface area (TPSA) is 155 Å². The molecule has 2 rings (SSSR count). The average Bonchev–Trinajstić information content (AvgIpc) is 2.85. The number of aryl methyl sites for hydroxylation is 1. The second-order valence-electron chi connectivity index (χ2n) is 5.14. The molecule has 1 amide bonds. The summed E-state index contributed by atoms with van der Waals surface area (Å²) in [6.45, 7) is 0. The number of carboxylic acid groups (broad SMARTS) is 2. The second kappa shape index (κ2) is 10.4. The molecule has 0 bridgehead atoms. The second-order valence-corrected chi connectivity index (χ2v) is 5.14. The van der Waals surface area contributed by atoms with Gasteiger partial charge in [0.25, 0.3) is 5.91 Å². The molecule has 1 heterocycles. The van der Waals surface area contributed by atoms with E-state index in [0.717, 1.165) is 30.5 Å². The average molecular weight is 360 g/mol. The summed E-state index contributed by atoms with van der Waals surface area (Å²) in [4.78, 5) is 39.0. The van der Waals surface area contributed by atoms with Crippen LogP contribution in [0.15, 0.2) is 35.5 Å². The number of allylic oxidation sites excluding steroid dienone is 1. The lowest BCUT2D eigenvalue weighted by Gasteiger charge is -2.07. The molecule has 1 aromatic heterocycles. The summed E-state index contributed by atoms with van der Waals surface area (Å²) in [5.74, 6) is -2.68. The van der Waals surface area contributed by atoms with E-state index in [1.807, 2.05) is 12.1 Å². The summed E-state index contributed by atoms with van der Waals surface area (Å²) in [6.07, 6.45) is 9.86. The third kappa shape index (κ3) is 7.39. The lowest BCUT2D eigenvalue weighted by molar-refractivity contribution is -0.134. The zero-order chi connectivity index (χ0) is 19.5. The Labute approximate surface area is 150 Å². The minimum absolute atomic E-state index is 0.106. The summed E-state index contributed by atoms with van der Waals surface area (Å²) in [6, 6.07) is 1.87. The zero-order valence-corrected chi connectivity index (χ0v) is 14.2. The molecule has 0 saturated carbocycles. The summed E-state index contributed by atoms with van der Waals surface area (Å²) < 4.78 is 0. The van der Waals surface area contributed by atoms with Crippen molar-refractivity contribution in [1.82, 2.24) is 10.3 Å². The van der Waals surface area contributed by atoms with E-state index in [1.165, 1.54) is 7.05 Å². The number of amides is 1. The Kier molecular flexibility index (Phi) is 8.21. The van der Waals surface area contributed by atoms with Crippen molar-refractivity contribution in [2.45, 2.75) is 19.3 Å². The lowest BCUT2D eigenvalue weighted by atomic mass is 10.1. The van der Waals surface area contributed by atoms with Crippen LogP contribution in [0, 0.1) is 0 Å². The number of fused-ring (bicyclic) bond motifs is 1. The van der Waals surface area contributed by atoms with E-state index in [-0.39, 0.29) is 11.9 Å². The number of nitrogens with zero attached hydrogens (tertiary/aromatic N) is 2. The number of hydrogen-bond acceptors (Lipinski definition) is 5. The molecule has 0 spiro atoms.